The first-order chi connectivity index (χ1) is 12.5. The van der Waals surface area contributed by atoms with Gasteiger partial charge < -0.3 is 9.47 Å². The van der Waals surface area contributed by atoms with E-state index in [0.717, 1.165) is 0 Å². The van der Waals surface area contributed by atoms with Crippen LogP contribution in [0.1, 0.15) is 16.2 Å². The van der Waals surface area contributed by atoms with Crippen LogP contribution in [0.15, 0.2) is 36.5 Å². The molecule has 6 nitrogen and oxygen atoms in total. The largest absolute Gasteiger partial charge is 0.329 e. The third-order valence-corrected chi connectivity index (χ3v) is 4.72. The van der Waals surface area contributed by atoms with Crippen LogP contribution in [-0.4, -0.2) is 37.1 Å². The summed E-state index contributed by atoms with van der Waals surface area (Å²) >= 11 is 12.0. The average Bonchev–Trinajstić information content (AvgIpc) is 3.04. The molecule has 1 amide bonds. The van der Waals surface area contributed by atoms with E-state index in [4.69, 9.17) is 23.2 Å². The summed E-state index contributed by atoms with van der Waals surface area (Å²) < 4.78 is 15.8. The van der Waals surface area contributed by atoms with Crippen molar-refractivity contribution in [2.45, 2.75) is 13.1 Å². The van der Waals surface area contributed by atoms with Gasteiger partial charge in [0.05, 0.1) is 17.1 Å². The van der Waals surface area contributed by atoms with E-state index in [2.05, 4.69) is 15.2 Å². The standard InChI is InChI=1S/C17H12Cl2FN5O/c18-10-3-4-11(12(19)8-10)17(26)24-6-7-25-14(9-24)22-23-16(25)15-13(20)2-1-5-21-15/h1-5,8H,6-7,9H2. The predicted molar refractivity (Wildman–Crippen MR) is 94.4 cm³/mol. The summed E-state index contributed by atoms with van der Waals surface area (Å²) in [6, 6.07) is 7.59. The number of carbonyl (C=O) groups excluding carboxylic acids is 1. The monoisotopic (exact) mass is 391 g/mol. The first-order valence-corrected chi connectivity index (χ1v) is 8.57. The SMILES string of the molecule is O=C(c1ccc(Cl)cc1Cl)N1CCn2c(nnc2-c2ncccc2F)C1. The lowest BCUT2D eigenvalue weighted by Gasteiger charge is -2.28. The lowest BCUT2D eigenvalue weighted by Crippen LogP contribution is -2.38. The van der Waals surface area contributed by atoms with Crippen LogP contribution in [0.5, 0.6) is 0 Å². The number of benzene rings is 1. The zero-order valence-corrected chi connectivity index (χ0v) is 14.9. The molecule has 0 radical (unpaired) electrons. The number of hydrogen-bond acceptors (Lipinski definition) is 4. The number of nitrogens with zero attached hydrogens (tertiary/aromatic N) is 5. The van der Waals surface area contributed by atoms with Gasteiger partial charge in [0.1, 0.15) is 5.69 Å². The van der Waals surface area contributed by atoms with E-state index >= 15 is 0 Å². The summed E-state index contributed by atoms with van der Waals surface area (Å²) in [4.78, 5) is 18.4. The molecule has 3 aromatic rings. The van der Waals surface area contributed by atoms with Gasteiger partial charge in [-0.2, -0.15) is 0 Å². The Labute approximate surface area is 158 Å². The first-order valence-electron chi connectivity index (χ1n) is 7.82. The van der Waals surface area contributed by atoms with Crippen LogP contribution >= 0.6 is 23.2 Å². The van der Waals surface area contributed by atoms with Crippen molar-refractivity contribution in [2.24, 2.45) is 0 Å². The number of pyridine rings is 1. The third-order valence-electron chi connectivity index (χ3n) is 4.17. The summed E-state index contributed by atoms with van der Waals surface area (Å²) in [5.41, 5.74) is 0.520. The Hall–Kier alpha value is -2.51. The number of carbonyl (C=O) groups is 1. The van der Waals surface area contributed by atoms with Gasteiger partial charge in [-0.05, 0) is 30.3 Å². The molecule has 0 saturated heterocycles. The van der Waals surface area contributed by atoms with Gasteiger partial charge in [-0.25, -0.2) is 9.37 Å². The highest BCUT2D eigenvalue weighted by Gasteiger charge is 2.27. The smallest absolute Gasteiger partial charge is 0.255 e. The van der Waals surface area contributed by atoms with Crippen LogP contribution in [0.2, 0.25) is 10.0 Å². The van der Waals surface area contributed by atoms with E-state index < -0.39 is 5.82 Å². The Morgan fingerprint density at radius 3 is 2.77 bits per heavy atom. The predicted octanol–water partition coefficient (Wildman–Crippen LogP) is 3.44. The molecule has 26 heavy (non-hydrogen) atoms. The summed E-state index contributed by atoms with van der Waals surface area (Å²) in [7, 11) is 0. The summed E-state index contributed by atoms with van der Waals surface area (Å²) in [5.74, 6) is 0.241. The fourth-order valence-electron chi connectivity index (χ4n) is 2.89. The van der Waals surface area contributed by atoms with Gasteiger partial charge in [-0.15, -0.1) is 10.2 Å². The van der Waals surface area contributed by atoms with Gasteiger partial charge in [0.2, 0.25) is 0 Å². The molecule has 0 spiro atoms. The topological polar surface area (TPSA) is 63.9 Å². The van der Waals surface area contributed by atoms with Gasteiger partial charge in [0.25, 0.3) is 5.91 Å². The Morgan fingerprint density at radius 2 is 2.00 bits per heavy atom. The van der Waals surface area contributed by atoms with Crippen LogP contribution in [0, 0.1) is 5.82 Å². The minimum absolute atomic E-state index is 0.145. The first kappa shape index (κ1) is 16.9. The molecule has 0 saturated carbocycles. The van der Waals surface area contributed by atoms with E-state index in [9.17, 15) is 9.18 Å². The molecule has 0 N–H and O–H groups in total. The van der Waals surface area contributed by atoms with Crippen LogP contribution in [0.3, 0.4) is 0 Å². The zero-order valence-electron chi connectivity index (χ0n) is 13.4. The van der Waals surface area contributed by atoms with Crippen molar-refractivity contribution in [1.82, 2.24) is 24.6 Å². The van der Waals surface area contributed by atoms with Crippen LogP contribution in [0.4, 0.5) is 4.39 Å². The summed E-state index contributed by atoms with van der Waals surface area (Å²) in [5, 5.41) is 8.91. The highest BCUT2D eigenvalue weighted by atomic mass is 35.5. The number of rotatable bonds is 2. The van der Waals surface area contributed by atoms with Crippen molar-refractivity contribution in [3.63, 3.8) is 0 Å². The average molecular weight is 392 g/mol. The van der Waals surface area contributed by atoms with Crippen LogP contribution < -0.4 is 0 Å². The van der Waals surface area contributed by atoms with Crippen LogP contribution in [-0.2, 0) is 13.1 Å². The molecule has 1 aromatic carbocycles. The van der Waals surface area contributed by atoms with Gasteiger partial charge in [-0.3, -0.25) is 4.79 Å². The minimum Gasteiger partial charge on any atom is -0.329 e. The Balaban J connectivity index is 1.61. The van der Waals surface area contributed by atoms with E-state index in [0.29, 0.717) is 40.3 Å². The fraction of sp³-hybridized carbons (Fsp3) is 0.176. The maximum atomic E-state index is 14.0. The number of aromatic nitrogens is 4. The normalized spacial score (nSPS) is 13.6. The quantitative estimate of drug-likeness (QED) is 0.670. The maximum absolute atomic E-state index is 14.0. The van der Waals surface area contributed by atoms with Crippen molar-refractivity contribution in [1.29, 1.82) is 0 Å². The number of halogens is 3. The molecule has 0 unspecified atom stereocenters. The van der Waals surface area contributed by atoms with Crippen molar-refractivity contribution >= 4 is 29.1 Å². The van der Waals surface area contributed by atoms with Crippen molar-refractivity contribution in [3.8, 4) is 11.5 Å². The van der Waals surface area contributed by atoms with Gasteiger partial charge in [0, 0.05) is 24.3 Å². The van der Waals surface area contributed by atoms with Crippen molar-refractivity contribution in [2.75, 3.05) is 6.54 Å². The van der Waals surface area contributed by atoms with E-state index in [1.807, 2.05) is 0 Å². The summed E-state index contributed by atoms with van der Waals surface area (Å²) in [6.45, 7) is 1.11. The Kier molecular flexibility index (Phi) is 4.34. The lowest BCUT2D eigenvalue weighted by molar-refractivity contribution is 0.0708. The van der Waals surface area contributed by atoms with E-state index in [1.165, 1.54) is 24.4 Å². The van der Waals surface area contributed by atoms with Gasteiger partial charge in [0.15, 0.2) is 17.5 Å². The Bertz CT molecular complexity index is 1010. The van der Waals surface area contributed by atoms with Gasteiger partial charge >= 0.3 is 0 Å². The molecular weight excluding hydrogens is 380 g/mol. The lowest BCUT2D eigenvalue weighted by atomic mass is 10.2. The molecule has 0 bridgehead atoms. The molecular formula is C17H12Cl2FN5O. The molecule has 0 atom stereocenters. The molecule has 1 aliphatic rings. The number of amides is 1. The molecule has 0 fully saturated rings. The highest BCUT2D eigenvalue weighted by molar-refractivity contribution is 6.36. The van der Waals surface area contributed by atoms with Gasteiger partial charge in [-0.1, -0.05) is 23.2 Å². The van der Waals surface area contributed by atoms with E-state index in [1.54, 1.807) is 21.6 Å². The van der Waals surface area contributed by atoms with Crippen molar-refractivity contribution in [3.05, 3.63) is 63.8 Å². The second-order valence-corrected chi connectivity index (χ2v) is 6.62. The zero-order chi connectivity index (χ0) is 18.3. The molecule has 9 heteroatoms. The molecule has 0 aliphatic carbocycles. The second kappa shape index (κ2) is 6.66. The number of fused-ring (bicyclic) bond motifs is 1. The molecule has 4 rings (SSSR count). The van der Waals surface area contributed by atoms with Crippen molar-refractivity contribution < 1.29 is 9.18 Å². The molecule has 3 heterocycles. The number of hydrogen-bond donors (Lipinski definition) is 0. The fourth-order valence-corrected chi connectivity index (χ4v) is 3.38. The summed E-state index contributed by atoms with van der Waals surface area (Å²) in [6.07, 6.45) is 1.50. The molecule has 1 aliphatic heterocycles. The highest BCUT2D eigenvalue weighted by Crippen LogP contribution is 2.26. The molecule has 132 valence electrons. The maximum Gasteiger partial charge on any atom is 0.255 e. The minimum atomic E-state index is -0.464. The van der Waals surface area contributed by atoms with Crippen LogP contribution in [0.25, 0.3) is 11.5 Å². The Morgan fingerprint density at radius 1 is 1.15 bits per heavy atom. The molecule has 2 aromatic heterocycles. The second-order valence-electron chi connectivity index (χ2n) is 5.78. The van der Waals surface area contributed by atoms with E-state index in [-0.39, 0.29) is 18.1 Å². The third kappa shape index (κ3) is 2.93.